The van der Waals surface area contributed by atoms with Gasteiger partial charge in [0.15, 0.2) is 0 Å². The van der Waals surface area contributed by atoms with Gasteiger partial charge in [0.2, 0.25) is 0 Å². The van der Waals surface area contributed by atoms with Gasteiger partial charge < -0.3 is 4.74 Å². The van der Waals surface area contributed by atoms with Crippen molar-refractivity contribution in [3.8, 4) is 0 Å². The zero-order valence-electron chi connectivity index (χ0n) is 22.7. The Bertz CT molecular complexity index is 808. The van der Waals surface area contributed by atoms with E-state index in [1.54, 1.807) is 12.5 Å². The van der Waals surface area contributed by atoms with Crippen LogP contribution < -0.4 is 0 Å². The molecule has 192 valence electrons. The predicted molar refractivity (Wildman–Crippen MR) is 143 cm³/mol. The van der Waals surface area contributed by atoms with E-state index in [4.69, 9.17) is 16.3 Å². The van der Waals surface area contributed by atoms with Crippen molar-refractivity contribution in [3.05, 3.63) is 22.8 Å². The molecule has 0 saturated heterocycles. The lowest BCUT2D eigenvalue weighted by Crippen LogP contribution is -2.51. The van der Waals surface area contributed by atoms with E-state index in [1.165, 1.54) is 57.4 Å². The van der Waals surface area contributed by atoms with Crippen LogP contribution in [0.3, 0.4) is 0 Å². The van der Waals surface area contributed by atoms with Crippen molar-refractivity contribution in [2.45, 2.75) is 118 Å². The SMILES string of the molecule is C/C(Cl)=C\C(=O)O[C@H]1CC[C@@]2(C)C(=CC[C@@H]3[C@H]4CC[C@H]([C@H](C)CCCC(C)C)[C@@]4(C)CC[C@@H]32)C1. The molecule has 0 unspecified atom stereocenters. The van der Waals surface area contributed by atoms with Crippen LogP contribution >= 0.6 is 11.6 Å². The summed E-state index contributed by atoms with van der Waals surface area (Å²) >= 11 is 5.87. The number of ether oxygens (including phenoxy) is 1. The Labute approximate surface area is 214 Å². The lowest BCUT2D eigenvalue weighted by molar-refractivity contribution is -0.145. The molecular formula is C31H49ClO2. The molecule has 0 aromatic heterocycles. The van der Waals surface area contributed by atoms with Gasteiger partial charge in [-0.15, -0.1) is 0 Å². The van der Waals surface area contributed by atoms with E-state index in [1.807, 2.05) is 0 Å². The summed E-state index contributed by atoms with van der Waals surface area (Å²) in [5.41, 5.74) is 2.41. The molecule has 0 radical (unpaired) electrons. The Morgan fingerprint density at radius 3 is 2.59 bits per heavy atom. The van der Waals surface area contributed by atoms with Crippen molar-refractivity contribution in [3.63, 3.8) is 0 Å². The molecule has 0 aromatic rings. The number of rotatable bonds is 7. The molecule has 0 N–H and O–H groups in total. The van der Waals surface area contributed by atoms with Gasteiger partial charge in [0.1, 0.15) is 6.10 Å². The smallest absolute Gasteiger partial charge is 0.332 e. The van der Waals surface area contributed by atoms with E-state index < -0.39 is 0 Å². The fourth-order valence-electron chi connectivity index (χ4n) is 9.11. The molecule has 0 spiro atoms. The number of hydrogen-bond donors (Lipinski definition) is 0. The lowest BCUT2D eigenvalue weighted by atomic mass is 9.47. The highest BCUT2D eigenvalue weighted by atomic mass is 35.5. The average Bonchev–Trinajstić information content (AvgIpc) is 3.10. The minimum Gasteiger partial charge on any atom is -0.459 e. The first-order valence-corrected chi connectivity index (χ1v) is 14.7. The summed E-state index contributed by atoms with van der Waals surface area (Å²) in [6, 6.07) is 0. The zero-order chi connectivity index (χ0) is 24.7. The molecule has 3 saturated carbocycles. The Balaban J connectivity index is 1.44. The van der Waals surface area contributed by atoms with Gasteiger partial charge >= 0.3 is 5.97 Å². The molecule has 3 heteroatoms. The highest BCUT2D eigenvalue weighted by Gasteiger charge is 2.59. The van der Waals surface area contributed by atoms with Gasteiger partial charge in [-0.1, -0.05) is 77.1 Å². The zero-order valence-corrected chi connectivity index (χ0v) is 23.4. The standard InChI is InChI=1S/C31H49ClO2/c1-20(2)8-7-9-21(3)26-12-13-27-25-11-10-23-19-24(34-29(33)18-22(4)32)14-16-30(23,5)28(25)15-17-31(26,27)6/h10,18,20-21,24-28H,7-9,11-17,19H2,1-6H3/b22-18+/t21-,24+,25-,26-,27-,28+,30+,31-/m1/s1. The maximum Gasteiger partial charge on any atom is 0.332 e. The Morgan fingerprint density at radius 2 is 1.88 bits per heavy atom. The highest BCUT2D eigenvalue weighted by molar-refractivity contribution is 6.30. The van der Waals surface area contributed by atoms with Gasteiger partial charge in [0, 0.05) is 17.5 Å². The summed E-state index contributed by atoms with van der Waals surface area (Å²) < 4.78 is 5.76. The van der Waals surface area contributed by atoms with Crippen LogP contribution in [0.5, 0.6) is 0 Å². The monoisotopic (exact) mass is 488 g/mol. The molecule has 4 aliphatic rings. The summed E-state index contributed by atoms with van der Waals surface area (Å²) in [4.78, 5) is 12.1. The summed E-state index contributed by atoms with van der Waals surface area (Å²) in [5.74, 6) is 4.87. The molecule has 0 heterocycles. The minimum absolute atomic E-state index is 0.00653. The molecular weight excluding hydrogens is 440 g/mol. The molecule has 0 amide bonds. The van der Waals surface area contributed by atoms with E-state index in [-0.39, 0.29) is 12.1 Å². The van der Waals surface area contributed by atoms with Crippen molar-refractivity contribution < 1.29 is 9.53 Å². The summed E-state index contributed by atoms with van der Waals surface area (Å²) in [6.07, 6.45) is 18.2. The van der Waals surface area contributed by atoms with Crippen LogP contribution in [0.4, 0.5) is 0 Å². The van der Waals surface area contributed by atoms with E-state index in [0.29, 0.717) is 15.9 Å². The highest BCUT2D eigenvalue weighted by Crippen LogP contribution is 2.67. The van der Waals surface area contributed by atoms with Gasteiger partial charge in [-0.2, -0.15) is 0 Å². The number of halogens is 1. The second-order valence-corrected chi connectivity index (χ2v) is 13.9. The van der Waals surface area contributed by atoms with Crippen LogP contribution in [0.2, 0.25) is 0 Å². The molecule has 3 fully saturated rings. The van der Waals surface area contributed by atoms with E-state index in [2.05, 4.69) is 40.7 Å². The number of fused-ring (bicyclic) bond motifs is 5. The molecule has 8 atom stereocenters. The summed E-state index contributed by atoms with van der Waals surface area (Å²) in [5, 5.41) is 0.486. The Hall–Kier alpha value is -0.760. The van der Waals surface area contributed by atoms with Crippen LogP contribution in [0, 0.1) is 46.3 Å². The number of esters is 1. The van der Waals surface area contributed by atoms with Gasteiger partial charge in [-0.25, -0.2) is 4.79 Å². The third kappa shape index (κ3) is 5.05. The first kappa shape index (κ1) is 26.3. The molecule has 4 aliphatic carbocycles. The van der Waals surface area contributed by atoms with Crippen LogP contribution in [-0.4, -0.2) is 12.1 Å². The predicted octanol–water partition coefficient (Wildman–Crippen LogP) is 9.08. The van der Waals surface area contributed by atoms with E-state index in [9.17, 15) is 4.79 Å². The van der Waals surface area contributed by atoms with Crippen LogP contribution in [0.25, 0.3) is 0 Å². The summed E-state index contributed by atoms with van der Waals surface area (Å²) in [7, 11) is 0. The summed E-state index contributed by atoms with van der Waals surface area (Å²) in [6.45, 7) is 14.2. The van der Waals surface area contributed by atoms with E-state index in [0.717, 1.165) is 54.8 Å². The Morgan fingerprint density at radius 1 is 1.12 bits per heavy atom. The van der Waals surface area contributed by atoms with E-state index >= 15 is 0 Å². The van der Waals surface area contributed by atoms with Crippen molar-refractivity contribution in [2.24, 2.45) is 46.3 Å². The molecule has 4 rings (SSSR count). The fraction of sp³-hybridized carbons (Fsp3) is 0.839. The van der Waals surface area contributed by atoms with Gasteiger partial charge in [0.05, 0.1) is 0 Å². The topological polar surface area (TPSA) is 26.3 Å². The minimum atomic E-state index is -0.289. The maximum absolute atomic E-state index is 12.1. The number of allylic oxidation sites excluding steroid dienone is 2. The van der Waals surface area contributed by atoms with Crippen molar-refractivity contribution in [1.82, 2.24) is 0 Å². The first-order valence-electron chi connectivity index (χ1n) is 14.3. The molecule has 0 aromatic carbocycles. The number of carbonyl (C=O) groups excluding carboxylic acids is 1. The normalized spacial score (nSPS) is 40.8. The molecule has 0 bridgehead atoms. The average molecular weight is 489 g/mol. The lowest BCUT2D eigenvalue weighted by Gasteiger charge is -2.58. The van der Waals surface area contributed by atoms with Gasteiger partial charge in [-0.05, 0) is 98.2 Å². The van der Waals surface area contributed by atoms with Crippen LogP contribution in [0.15, 0.2) is 22.8 Å². The molecule has 2 nitrogen and oxygen atoms in total. The Kier molecular flexibility index (Phi) is 7.98. The van der Waals surface area contributed by atoms with Crippen molar-refractivity contribution >= 4 is 17.6 Å². The number of carbonyl (C=O) groups is 1. The van der Waals surface area contributed by atoms with Gasteiger partial charge in [-0.3, -0.25) is 0 Å². The maximum atomic E-state index is 12.1. The first-order chi connectivity index (χ1) is 16.0. The number of hydrogen-bond acceptors (Lipinski definition) is 2. The van der Waals surface area contributed by atoms with Crippen LogP contribution in [0.1, 0.15) is 112 Å². The largest absolute Gasteiger partial charge is 0.459 e. The second-order valence-electron chi connectivity index (χ2n) is 13.3. The third-order valence-corrected chi connectivity index (χ3v) is 11.0. The molecule has 34 heavy (non-hydrogen) atoms. The second kappa shape index (κ2) is 10.3. The molecule has 0 aliphatic heterocycles. The quantitative estimate of drug-likeness (QED) is 0.203. The van der Waals surface area contributed by atoms with Crippen molar-refractivity contribution in [1.29, 1.82) is 0 Å². The van der Waals surface area contributed by atoms with Gasteiger partial charge in [0.25, 0.3) is 0 Å². The third-order valence-electron chi connectivity index (χ3n) is 10.9. The fourth-order valence-corrected chi connectivity index (χ4v) is 9.20. The van der Waals surface area contributed by atoms with Crippen LogP contribution in [-0.2, 0) is 9.53 Å². The van der Waals surface area contributed by atoms with Crippen molar-refractivity contribution in [2.75, 3.05) is 0 Å².